The molecule has 2 rings (SSSR count). The Morgan fingerprint density at radius 2 is 2.22 bits per heavy atom. The topological polar surface area (TPSA) is 67.0 Å². The fourth-order valence-corrected chi connectivity index (χ4v) is 1.77. The molecule has 0 fully saturated rings. The molecule has 2 N–H and O–H groups in total. The fraction of sp³-hybridized carbons (Fsp3) is 0.167. The second-order valence-electron chi connectivity index (χ2n) is 3.69. The zero-order valence-electron chi connectivity index (χ0n) is 9.95. The fourth-order valence-electron chi connectivity index (χ4n) is 1.59. The number of nitrogens with one attached hydrogen (secondary N) is 2. The summed E-state index contributed by atoms with van der Waals surface area (Å²) in [4.78, 5) is 10.9. The normalized spacial score (nSPS) is 10.2. The van der Waals surface area contributed by atoms with Crippen LogP contribution in [-0.2, 0) is 4.79 Å². The first-order chi connectivity index (χ1) is 8.60. The van der Waals surface area contributed by atoms with E-state index in [1.54, 1.807) is 31.4 Å². The van der Waals surface area contributed by atoms with E-state index in [1.165, 1.54) is 6.92 Å². The van der Waals surface area contributed by atoms with E-state index in [9.17, 15) is 4.79 Å². The van der Waals surface area contributed by atoms with Crippen LogP contribution in [0.2, 0.25) is 5.02 Å². The van der Waals surface area contributed by atoms with E-state index in [0.29, 0.717) is 16.6 Å². The van der Waals surface area contributed by atoms with Crippen molar-refractivity contribution >= 4 is 23.3 Å². The van der Waals surface area contributed by atoms with Gasteiger partial charge in [0.1, 0.15) is 5.75 Å². The number of anilines is 1. The molecule has 18 heavy (non-hydrogen) atoms. The number of halogens is 1. The summed E-state index contributed by atoms with van der Waals surface area (Å²) in [5, 5.41) is 10.00. The predicted octanol–water partition coefficient (Wildman–Crippen LogP) is 2.70. The molecule has 0 saturated heterocycles. The SMILES string of the molecule is COc1ccc(Cl)cc1-c1cc(NC(C)=O)n[nH]1. The minimum absolute atomic E-state index is 0.175. The van der Waals surface area contributed by atoms with Crippen molar-refractivity contribution < 1.29 is 9.53 Å². The first-order valence-corrected chi connectivity index (χ1v) is 5.65. The number of carbonyl (C=O) groups is 1. The van der Waals surface area contributed by atoms with Gasteiger partial charge in [-0.1, -0.05) is 11.6 Å². The molecule has 0 atom stereocenters. The lowest BCUT2D eigenvalue weighted by Crippen LogP contribution is -2.05. The molecule has 5 nitrogen and oxygen atoms in total. The van der Waals surface area contributed by atoms with Gasteiger partial charge in [-0.2, -0.15) is 5.10 Å². The number of methoxy groups -OCH3 is 1. The van der Waals surface area contributed by atoms with Crippen molar-refractivity contribution in [2.24, 2.45) is 0 Å². The van der Waals surface area contributed by atoms with Crippen LogP contribution in [0.15, 0.2) is 24.3 Å². The Morgan fingerprint density at radius 3 is 2.89 bits per heavy atom. The molecule has 0 bridgehead atoms. The maximum absolute atomic E-state index is 10.9. The van der Waals surface area contributed by atoms with Crippen LogP contribution in [0.4, 0.5) is 5.82 Å². The van der Waals surface area contributed by atoms with E-state index in [-0.39, 0.29) is 5.91 Å². The third-order valence-electron chi connectivity index (χ3n) is 2.33. The largest absolute Gasteiger partial charge is 0.496 e. The number of aromatic nitrogens is 2. The minimum atomic E-state index is -0.175. The number of H-pyrrole nitrogens is 1. The van der Waals surface area contributed by atoms with E-state index in [4.69, 9.17) is 16.3 Å². The van der Waals surface area contributed by atoms with Crippen LogP contribution in [0.3, 0.4) is 0 Å². The summed E-state index contributed by atoms with van der Waals surface area (Å²) in [5.74, 6) is 0.961. The van der Waals surface area contributed by atoms with Crippen molar-refractivity contribution in [3.63, 3.8) is 0 Å². The lowest BCUT2D eigenvalue weighted by atomic mass is 10.1. The van der Waals surface area contributed by atoms with Crippen molar-refractivity contribution in [2.45, 2.75) is 6.92 Å². The maximum atomic E-state index is 10.9. The molecule has 0 unspecified atom stereocenters. The number of ether oxygens (including phenoxy) is 1. The summed E-state index contributed by atoms with van der Waals surface area (Å²) in [5.41, 5.74) is 1.51. The molecule has 94 valence electrons. The Bertz CT molecular complexity index is 580. The maximum Gasteiger partial charge on any atom is 0.222 e. The van der Waals surface area contributed by atoms with Crippen LogP contribution >= 0.6 is 11.6 Å². The Labute approximate surface area is 109 Å². The molecule has 0 aliphatic rings. The molecular weight excluding hydrogens is 254 g/mol. The van der Waals surface area contributed by atoms with Gasteiger partial charge in [0.05, 0.1) is 12.8 Å². The van der Waals surface area contributed by atoms with Crippen LogP contribution in [0, 0.1) is 0 Å². The van der Waals surface area contributed by atoms with Gasteiger partial charge in [0.15, 0.2) is 5.82 Å². The lowest BCUT2D eigenvalue weighted by Gasteiger charge is -2.06. The molecule has 0 aliphatic carbocycles. The van der Waals surface area contributed by atoms with E-state index in [1.807, 2.05) is 0 Å². The highest BCUT2D eigenvalue weighted by Crippen LogP contribution is 2.32. The van der Waals surface area contributed by atoms with Gasteiger partial charge in [0.2, 0.25) is 5.91 Å². The number of hydrogen-bond acceptors (Lipinski definition) is 3. The molecule has 1 heterocycles. The van der Waals surface area contributed by atoms with Crippen LogP contribution in [0.25, 0.3) is 11.3 Å². The van der Waals surface area contributed by atoms with Crippen LogP contribution in [-0.4, -0.2) is 23.2 Å². The first-order valence-electron chi connectivity index (χ1n) is 5.27. The summed E-state index contributed by atoms with van der Waals surface area (Å²) in [6.45, 7) is 1.42. The monoisotopic (exact) mass is 265 g/mol. The molecule has 0 radical (unpaired) electrons. The molecule has 6 heteroatoms. The van der Waals surface area contributed by atoms with E-state index < -0.39 is 0 Å². The van der Waals surface area contributed by atoms with Gasteiger partial charge in [-0.3, -0.25) is 9.89 Å². The molecule has 1 amide bonds. The molecule has 0 spiro atoms. The summed E-state index contributed by atoms with van der Waals surface area (Å²) < 4.78 is 5.25. The number of benzene rings is 1. The molecule has 1 aromatic carbocycles. The third kappa shape index (κ3) is 2.62. The lowest BCUT2D eigenvalue weighted by molar-refractivity contribution is -0.114. The van der Waals surface area contributed by atoms with Gasteiger partial charge in [0, 0.05) is 23.6 Å². The molecule has 1 aromatic heterocycles. The number of nitrogens with zero attached hydrogens (tertiary/aromatic N) is 1. The number of carbonyl (C=O) groups excluding carboxylic acids is 1. The van der Waals surface area contributed by atoms with E-state index in [0.717, 1.165) is 11.3 Å². The van der Waals surface area contributed by atoms with Gasteiger partial charge >= 0.3 is 0 Å². The van der Waals surface area contributed by atoms with Crippen molar-refractivity contribution in [2.75, 3.05) is 12.4 Å². The van der Waals surface area contributed by atoms with E-state index in [2.05, 4.69) is 15.5 Å². The highest BCUT2D eigenvalue weighted by Gasteiger charge is 2.10. The van der Waals surface area contributed by atoms with Crippen molar-refractivity contribution in [1.82, 2.24) is 10.2 Å². The smallest absolute Gasteiger partial charge is 0.222 e. The zero-order chi connectivity index (χ0) is 13.1. The Hall–Kier alpha value is -2.01. The van der Waals surface area contributed by atoms with Crippen molar-refractivity contribution in [3.05, 3.63) is 29.3 Å². The van der Waals surface area contributed by atoms with Crippen molar-refractivity contribution in [1.29, 1.82) is 0 Å². The third-order valence-corrected chi connectivity index (χ3v) is 2.57. The second-order valence-corrected chi connectivity index (χ2v) is 4.13. The highest BCUT2D eigenvalue weighted by molar-refractivity contribution is 6.31. The molecule has 0 saturated carbocycles. The predicted molar refractivity (Wildman–Crippen MR) is 69.9 cm³/mol. The van der Waals surface area contributed by atoms with E-state index >= 15 is 0 Å². The summed E-state index contributed by atoms with van der Waals surface area (Å²) in [6, 6.07) is 7.01. The van der Waals surface area contributed by atoms with Gasteiger partial charge < -0.3 is 10.1 Å². The van der Waals surface area contributed by atoms with Crippen molar-refractivity contribution in [3.8, 4) is 17.0 Å². The summed E-state index contributed by atoms with van der Waals surface area (Å²) >= 11 is 5.96. The second kappa shape index (κ2) is 5.10. The average Bonchev–Trinajstić information content (AvgIpc) is 2.76. The standard InChI is InChI=1S/C12H12ClN3O2/c1-7(17)14-12-6-10(15-16-12)9-5-8(13)3-4-11(9)18-2/h3-6H,1-2H3,(H2,14,15,16,17). The molecule has 2 aromatic rings. The average molecular weight is 266 g/mol. The van der Waals surface area contributed by atoms with Crippen LogP contribution < -0.4 is 10.1 Å². The quantitative estimate of drug-likeness (QED) is 0.897. The zero-order valence-corrected chi connectivity index (χ0v) is 10.7. The first kappa shape index (κ1) is 12.4. The van der Waals surface area contributed by atoms with Crippen LogP contribution in [0.5, 0.6) is 5.75 Å². The summed E-state index contributed by atoms with van der Waals surface area (Å²) in [6.07, 6.45) is 0. The van der Waals surface area contributed by atoms with Gasteiger partial charge in [0.25, 0.3) is 0 Å². The van der Waals surface area contributed by atoms with Crippen LogP contribution in [0.1, 0.15) is 6.92 Å². The Kier molecular flexibility index (Phi) is 3.53. The molecule has 0 aliphatic heterocycles. The minimum Gasteiger partial charge on any atom is -0.496 e. The summed E-state index contributed by atoms with van der Waals surface area (Å²) in [7, 11) is 1.58. The van der Waals surface area contributed by atoms with Gasteiger partial charge in [-0.15, -0.1) is 0 Å². The number of hydrogen-bond donors (Lipinski definition) is 2. The Balaban J connectivity index is 2.38. The van der Waals surface area contributed by atoms with Gasteiger partial charge in [-0.25, -0.2) is 0 Å². The number of amides is 1. The Morgan fingerprint density at radius 1 is 1.44 bits per heavy atom. The van der Waals surface area contributed by atoms with Gasteiger partial charge in [-0.05, 0) is 18.2 Å². The highest BCUT2D eigenvalue weighted by atomic mass is 35.5. The molecular formula is C12H12ClN3O2. The number of aromatic amines is 1. The number of rotatable bonds is 3.